The largest absolute Gasteiger partial charge is 0.384 e. The lowest BCUT2D eigenvalue weighted by Gasteiger charge is -2.51. The van der Waals surface area contributed by atoms with Crippen LogP contribution in [0, 0.1) is 11.3 Å². The molecule has 3 rings (SSSR count). The summed E-state index contributed by atoms with van der Waals surface area (Å²) >= 11 is 5.99. The molecule has 4 nitrogen and oxygen atoms in total. The average Bonchev–Trinajstić information content (AvgIpc) is 2.57. The number of rotatable bonds is 2. The number of aliphatic hydroxyl groups is 1. The predicted molar refractivity (Wildman–Crippen MR) is 100 cm³/mol. The Kier molecular flexibility index (Phi) is 5.16. The number of benzene rings is 1. The monoisotopic (exact) mass is 364 g/mol. The minimum absolute atomic E-state index is 0.0264. The summed E-state index contributed by atoms with van der Waals surface area (Å²) in [5, 5.41) is 12.1. The number of halogens is 1. The van der Waals surface area contributed by atoms with Crippen LogP contribution in [0.1, 0.15) is 51.5 Å². The molecule has 1 saturated heterocycles. The highest BCUT2D eigenvalue weighted by Gasteiger charge is 2.50. The van der Waals surface area contributed by atoms with Crippen LogP contribution >= 0.6 is 11.6 Å². The fourth-order valence-electron chi connectivity index (χ4n) is 4.47. The fraction of sp³-hybridized carbons (Fsp3) is 0.650. The lowest BCUT2D eigenvalue weighted by Crippen LogP contribution is -2.58. The van der Waals surface area contributed by atoms with Gasteiger partial charge in [0.25, 0.3) is 0 Å². The Morgan fingerprint density at radius 3 is 2.48 bits per heavy atom. The molecule has 0 spiro atoms. The third-order valence-electron chi connectivity index (χ3n) is 6.22. The molecule has 2 aliphatic rings. The summed E-state index contributed by atoms with van der Waals surface area (Å²) in [4.78, 5) is 14.9. The van der Waals surface area contributed by atoms with E-state index >= 15 is 0 Å². The first kappa shape index (κ1) is 18.7. The number of hydrogen-bond acceptors (Lipinski definition) is 3. The standard InChI is InChI=1S/C20H29ClN2O2/c1-19(2)13-23(18(24)16-5-3-4-6-17(16)22)12-11-20(19,25)14-7-9-15(21)10-8-14/h7-10,16-17,25H,3-6,11-13,22H2,1-2H3/t16-,17+,20-/m0/s1. The van der Waals surface area contributed by atoms with Crippen molar-refractivity contribution < 1.29 is 9.90 Å². The average molecular weight is 365 g/mol. The minimum Gasteiger partial charge on any atom is -0.384 e. The second-order valence-corrected chi connectivity index (χ2v) is 8.75. The lowest BCUT2D eigenvalue weighted by atomic mass is 9.66. The van der Waals surface area contributed by atoms with Gasteiger partial charge in [-0.2, -0.15) is 0 Å². The van der Waals surface area contributed by atoms with Crippen LogP contribution in [0.2, 0.25) is 5.02 Å². The van der Waals surface area contributed by atoms with Gasteiger partial charge in [-0.3, -0.25) is 4.79 Å². The smallest absolute Gasteiger partial charge is 0.227 e. The van der Waals surface area contributed by atoms with Crippen LogP contribution in [0.15, 0.2) is 24.3 Å². The molecule has 138 valence electrons. The molecule has 1 aromatic rings. The molecule has 1 heterocycles. The highest BCUT2D eigenvalue weighted by atomic mass is 35.5. The second kappa shape index (κ2) is 6.90. The van der Waals surface area contributed by atoms with E-state index in [4.69, 9.17) is 17.3 Å². The molecule has 1 aliphatic carbocycles. The van der Waals surface area contributed by atoms with Gasteiger partial charge in [0, 0.05) is 29.6 Å². The summed E-state index contributed by atoms with van der Waals surface area (Å²) in [5.41, 5.74) is 5.65. The first-order valence-corrected chi connectivity index (χ1v) is 9.65. The van der Waals surface area contributed by atoms with E-state index < -0.39 is 11.0 Å². The van der Waals surface area contributed by atoms with Crippen LogP contribution in [0.25, 0.3) is 0 Å². The van der Waals surface area contributed by atoms with Gasteiger partial charge in [-0.15, -0.1) is 0 Å². The number of hydrogen-bond donors (Lipinski definition) is 2. The number of nitrogens with zero attached hydrogens (tertiary/aromatic N) is 1. The SMILES string of the molecule is CC1(C)CN(C(=O)[C@H]2CCCC[C@H]2N)CC[C@]1(O)c1ccc(Cl)cc1. The zero-order chi connectivity index (χ0) is 18.2. The van der Waals surface area contributed by atoms with E-state index in [1.165, 1.54) is 0 Å². The maximum atomic E-state index is 13.0. The van der Waals surface area contributed by atoms with Gasteiger partial charge in [0.1, 0.15) is 0 Å². The molecule has 0 unspecified atom stereocenters. The third-order valence-corrected chi connectivity index (χ3v) is 6.47. The van der Waals surface area contributed by atoms with E-state index in [2.05, 4.69) is 0 Å². The van der Waals surface area contributed by atoms with Crippen molar-refractivity contribution in [3.63, 3.8) is 0 Å². The minimum atomic E-state index is -0.969. The number of piperidine rings is 1. The van der Waals surface area contributed by atoms with Crippen molar-refractivity contribution in [2.24, 2.45) is 17.1 Å². The molecule has 0 bridgehead atoms. The van der Waals surface area contributed by atoms with Gasteiger partial charge in [-0.05, 0) is 37.0 Å². The Hall–Kier alpha value is -1.10. The summed E-state index contributed by atoms with van der Waals surface area (Å²) in [6, 6.07) is 7.37. The number of nitrogens with two attached hydrogens (primary N) is 1. The van der Waals surface area contributed by atoms with E-state index in [-0.39, 0.29) is 17.9 Å². The normalized spacial score (nSPS) is 32.4. The molecule has 1 aliphatic heterocycles. The Labute approximate surface area is 155 Å². The van der Waals surface area contributed by atoms with Crippen LogP contribution in [0.4, 0.5) is 0 Å². The molecule has 2 fully saturated rings. The van der Waals surface area contributed by atoms with Crippen molar-refractivity contribution in [3.05, 3.63) is 34.9 Å². The number of likely N-dealkylation sites (tertiary alicyclic amines) is 1. The van der Waals surface area contributed by atoms with Crippen molar-refractivity contribution in [1.82, 2.24) is 4.90 Å². The summed E-state index contributed by atoms with van der Waals surface area (Å²) in [6.45, 7) is 5.16. The molecule has 1 aromatic carbocycles. The molecule has 25 heavy (non-hydrogen) atoms. The number of amides is 1. The van der Waals surface area contributed by atoms with Crippen LogP contribution < -0.4 is 5.73 Å². The highest BCUT2D eigenvalue weighted by Crippen LogP contribution is 2.46. The van der Waals surface area contributed by atoms with Crippen LogP contribution in [0.3, 0.4) is 0 Å². The van der Waals surface area contributed by atoms with Gasteiger partial charge >= 0.3 is 0 Å². The Morgan fingerprint density at radius 2 is 1.88 bits per heavy atom. The van der Waals surface area contributed by atoms with Gasteiger partial charge < -0.3 is 15.7 Å². The van der Waals surface area contributed by atoms with Gasteiger partial charge in [0.05, 0.1) is 11.5 Å². The van der Waals surface area contributed by atoms with E-state index in [0.29, 0.717) is 24.5 Å². The van der Waals surface area contributed by atoms with E-state index in [1.807, 2.05) is 43.0 Å². The number of carbonyl (C=O) groups excluding carboxylic acids is 1. The number of carbonyl (C=O) groups is 1. The van der Waals surface area contributed by atoms with Gasteiger partial charge in [0.2, 0.25) is 5.91 Å². The molecule has 3 N–H and O–H groups in total. The van der Waals surface area contributed by atoms with Crippen molar-refractivity contribution in [3.8, 4) is 0 Å². The summed E-state index contributed by atoms with van der Waals surface area (Å²) in [5.74, 6) is 0.102. The fourth-order valence-corrected chi connectivity index (χ4v) is 4.60. The first-order chi connectivity index (χ1) is 11.7. The molecule has 3 atom stereocenters. The summed E-state index contributed by atoms with van der Waals surface area (Å²) in [6.07, 6.45) is 4.54. The van der Waals surface area contributed by atoms with Crippen LogP contribution in [-0.2, 0) is 10.4 Å². The maximum absolute atomic E-state index is 13.0. The lowest BCUT2D eigenvalue weighted by molar-refractivity contribution is -0.157. The second-order valence-electron chi connectivity index (χ2n) is 8.32. The van der Waals surface area contributed by atoms with Crippen LogP contribution in [-0.4, -0.2) is 35.0 Å². The first-order valence-electron chi connectivity index (χ1n) is 9.27. The molecular weight excluding hydrogens is 336 g/mol. The van der Waals surface area contributed by atoms with E-state index in [0.717, 1.165) is 31.2 Å². The summed E-state index contributed by atoms with van der Waals surface area (Å²) in [7, 11) is 0. The molecule has 1 saturated carbocycles. The Balaban J connectivity index is 1.78. The van der Waals surface area contributed by atoms with Gasteiger partial charge in [-0.25, -0.2) is 0 Å². The van der Waals surface area contributed by atoms with Gasteiger partial charge in [0.15, 0.2) is 0 Å². The quantitative estimate of drug-likeness (QED) is 0.846. The van der Waals surface area contributed by atoms with Gasteiger partial charge in [-0.1, -0.05) is 50.4 Å². The zero-order valence-electron chi connectivity index (χ0n) is 15.2. The topological polar surface area (TPSA) is 66.6 Å². The van der Waals surface area contributed by atoms with E-state index in [1.54, 1.807) is 0 Å². The Bertz CT molecular complexity index is 631. The maximum Gasteiger partial charge on any atom is 0.227 e. The zero-order valence-corrected chi connectivity index (χ0v) is 15.9. The molecule has 5 heteroatoms. The van der Waals surface area contributed by atoms with Crippen molar-refractivity contribution in [2.45, 2.75) is 57.6 Å². The van der Waals surface area contributed by atoms with E-state index in [9.17, 15) is 9.90 Å². The third kappa shape index (κ3) is 3.44. The van der Waals surface area contributed by atoms with Crippen molar-refractivity contribution in [1.29, 1.82) is 0 Å². The summed E-state index contributed by atoms with van der Waals surface area (Å²) < 4.78 is 0. The Morgan fingerprint density at radius 1 is 1.24 bits per heavy atom. The predicted octanol–water partition coefficient (Wildman–Crippen LogP) is 3.30. The molecule has 1 amide bonds. The van der Waals surface area contributed by atoms with Crippen molar-refractivity contribution in [2.75, 3.05) is 13.1 Å². The van der Waals surface area contributed by atoms with Crippen LogP contribution in [0.5, 0.6) is 0 Å². The molecule has 0 radical (unpaired) electrons. The molecular formula is C20H29ClN2O2. The van der Waals surface area contributed by atoms with Crippen molar-refractivity contribution >= 4 is 17.5 Å². The molecule has 0 aromatic heterocycles. The highest BCUT2D eigenvalue weighted by molar-refractivity contribution is 6.30.